The van der Waals surface area contributed by atoms with Crippen molar-refractivity contribution in [3.8, 4) is 5.75 Å². The van der Waals surface area contributed by atoms with Crippen LogP contribution in [0.5, 0.6) is 5.75 Å². The summed E-state index contributed by atoms with van der Waals surface area (Å²) in [5.41, 5.74) is 3.94. The third kappa shape index (κ3) is 5.47. The predicted molar refractivity (Wildman–Crippen MR) is 148 cm³/mol. The van der Waals surface area contributed by atoms with Crippen LogP contribution in [-0.4, -0.2) is 34.0 Å². The average molecular weight is 498 g/mol. The molecule has 5 nitrogen and oxygen atoms in total. The molecule has 0 aliphatic carbocycles. The van der Waals surface area contributed by atoms with Crippen molar-refractivity contribution >= 4 is 33.4 Å². The van der Waals surface area contributed by atoms with E-state index in [2.05, 4.69) is 17.6 Å². The molecule has 1 fully saturated rings. The first-order chi connectivity index (χ1) is 18.0. The lowest BCUT2D eigenvalue weighted by Crippen LogP contribution is -2.14. The molecule has 5 rings (SSSR count). The van der Waals surface area contributed by atoms with Gasteiger partial charge in [0.2, 0.25) is 0 Å². The molecule has 1 aliphatic heterocycles. The molecule has 1 aromatic heterocycles. The summed E-state index contributed by atoms with van der Waals surface area (Å²) in [5, 5.41) is 11.6. The summed E-state index contributed by atoms with van der Waals surface area (Å²) in [4.78, 5) is 26.3. The van der Waals surface area contributed by atoms with Crippen LogP contribution >= 0.6 is 0 Å². The Hall–Kier alpha value is -3.44. The molecule has 0 radical (unpaired) electrons. The summed E-state index contributed by atoms with van der Waals surface area (Å²) in [6.07, 6.45) is 8.44. The highest BCUT2D eigenvalue weighted by Crippen LogP contribution is 2.33. The van der Waals surface area contributed by atoms with Crippen molar-refractivity contribution in [2.45, 2.75) is 70.9 Å². The molecule has 0 bridgehead atoms. The van der Waals surface area contributed by atoms with E-state index in [-0.39, 0.29) is 23.4 Å². The van der Waals surface area contributed by atoms with E-state index in [1.54, 1.807) is 12.1 Å². The number of phenolic OH excluding ortho intramolecular Hbond substituents is 1. The van der Waals surface area contributed by atoms with Gasteiger partial charge in [0.15, 0.2) is 11.6 Å². The molecule has 3 aromatic carbocycles. The van der Waals surface area contributed by atoms with Gasteiger partial charge in [-0.1, -0.05) is 32.6 Å². The molecule has 1 unspecified atom stereocenters. The summed E-state index contributed by atoms with van der Waals surface area (Å²) >= 11 is 0. The lowest BCUT2D eigenvalue weighted by Gasteiger charge is -2.13. The number of hydrogen-bond acceptors (Lipinski definition) is 4. The van der Waals surface area contributed by atoms with Gasteiger partial charge in [0.05, 0.1) is 6.10 Å². The standard InChI is InChI=1S/C32H35NO4/c1-2-3-4-5-6-9-31(35)23-12-16-29-27(19-23)28-20-24(32(36)22-10-14-25(34)15-11-22)13-17-30(28)33(29)21-26-8-7-18-37-26/h10-17,19-20,26,34H,2-9,18,21H2,1H3. The maximum Gasteiger partial charge on any atom is 0.193 e. The van der Waals surface area contributed by atoms with Crippen LogP contribution in [0.15, 0.2) is 60.7 Å². The molecule has 0 amide bonds. The molecule has 1 atom stereocenters. The molecule has 1 saturated heterocycles. The van der Waals surface area contributed by atoms with E-state index in [1.165, 1.54) is 31.4 Å². The van der Waals surface area contributed by atoms with Crippen LogP contribution in [-0.2, 0) is 11.3 Å². The first-order valence-corrected chi connectivity index (χ1v) is 13.6. The van der Waals surface area contributed by atoms with E-state index in [0.29, 0.717) is 17.5 Å². The largest absolute Gasteiger partial charge is 0.508 e. The Kier molecular flexibility index (Phi) is 7.71. The molecule has 4 aromatic rings. The highest BCUT2D eigenvalue weighted by molar-refractivity contribution is 6.15. The van der Waals surface area contributed by atoms with E-state index >= 15 is 0 Å². The van der Waals surface area contributed by atoms with Gasteiger partial charge in [0.1, 0.15) is 5.75 Å². The lowest BCUT2D eigenvalue weighted by atomic mass is 9.99. The van der Waals surface area contributed by atoms with Gasteiger partial charge >= 0.3 is 0 Å². The number of ether oxygens (including phenoxy) is 1. The van der Waals surface area contributed by atoms with Crippen LogP contribution in [0.25, 0.3) is 21.8 Å². The van der Waals surface area contributed by atoms with Gasteiger partial charge < -0.3 is 14.4 Å². The molecule has 1 aliphatic rings. The van der Waals surface area contributed by atoms with E-state index in [4.69, 9.17) is 4.74 Å². The maximum atomic E-state index is 13.2. The van der Waals surface area contributed by atoms with Crippen LogP contribution < -0.4 is 0 Å². The Morgan fingerprint density at radius 1 is 0.865 bits per heavy atom. The molecule has 1 N–H and O–H groups in total. The minimum Gasteiger partial charge on any atom is -0.508 e. The Balaban J connectivity index is 1.52. The number of ketones is 2. The minimum absolute atomic E-state index is 0.0961. The Morgan fingerprint density at radius 2 is 1.51 bits per heavy atom. The van der Waals surface area contributed by atoms with Crippen LogP contribution in [0, 0.1) is 0 Å². The minimum atomic E-state index is -0.0961. The van der Waals surface area contributed by atoms with E-state index in [0.717, 1.165) is 66.2 Å². The van der Waals surface area contributed by atoms with Crippen LogP contribution in [0.4, 0.5) is 0 Å². The van der Waals surface area contributed by atoms with E-state index in [9.17, 15) is 14.7 Å². The van der Waals surface area contributed by atoms with Gasteiger partial charge in [-0.3, -0.25) is 9.59 Å². The number of fused-ring (bicyclic) bond motifs is 3. The zero-order valence-corrected chi connectivity index (χ0v) is 21.5. The smallest absolute Gasteiger partial charge is 0.193 e. The van der Waals surface area contributed by atoms with Crippen molar-refractivity contribution < 1.29 is 19.4 Å². The number of carbonyl (C=O) groups excluding carboxylic acids is 2. The fourth-order valence-electron chi connectivity index (χ4n) is 5.42. The topological polar surface area (TPSA) is 68.5 Å². The van der Waals surface area contributed by atoms with Crippen molar-refractivity contribution in [1.29, 1.82) is 0 Å². The monoisotopic (exact) mass is 497 g/mol. The highest BCUT2D eigenvalue weighted by atomic mass is 16.5. The molecule has 5 heteroatoms. The number of aromatic hydroxyl groups is 1. The second kappa shape index (κ2) is 11.3. The first kappa shape index (κ1) is 25.2. The van der Waals surface area contributed by atoms with Crippen molar-refractivity contribution in [3.63, 3.8) is 0 Å². The highest BCUT2D eigenvalue weighted by Gasteiger charge is 2.21. The first-order valence-electron chi connectivity index (χ1n) is 13.6. The lowest BCUT2D eigenvalue weighted by molar-refractivity contribution is 0.0976. The Morgan fingerprint density at radius 3 is 2.19 bits per heavy atom. The summed E-state index contributed by atoms with van der Waals surface area (Å²) in [6, 6.07) is 18.2. The quantitative estimate of drug-likeness (QED) is 0.173. The van der Waals surface area contributed by atoms with Crippen LogP contribution in [0.1, 0.15) is 84.6 Å². The van der Waals surface area contributed by atoms with Crippen LogP contribution in [0.3, 0.4) is 0 Å². The van der Waals surface area contributed by atoms with Gasteiger partial charge in [0, 0.05) is 58.1 Å². The van der Waals surface area contributed by atoms with Gasteiger partial charge in [0.25, 0.3) is 0 Å². The summed E-state index contributed by atoms with van der Waals surface area (Å²) in [6.45, 7) is 3.74. The van der Waals surface area contributed by atoms with Gasteiger partial charge in [-0.05, 0) is 79.9 Å². The number of aromatic nitrogens is 1. The molecule has 0 saturated carbocycles. The predicted octanol–water partition coefficient (Wildman–Crippen LogP) is 7.45. The maximum absolute atomic E-state index is 13.2. The summed E-state index contributed by atoms with van der Waals surface area (Å²) < 4.78 is 8.21. The number of nitrogens with zero attached hydrogens (tertiary/aromatic N) is 1. The zero-order valence-electron chi connectivity index (χ0n) is 21.5. The van der Waals surface area contributed by atoms with Crippen LogP contribution in [0.2, 0.25) is 0 Å². The number of benzene rings is 3. The zero-order chi connectivity index (χ0) is 25.8. The van der Waals surface area contributed by atoms with Gasteiger partial charge in [-0.25, -0.2) is 0 Å². The Labute approximate surface area is 218 Å². The van der Waals surface area contributed by atoms with Crippen molar-refractivity contribution in [1.82, 2.24) is 4.57 Å². The van der Waals surface area contributed by atoms with Crippen molar-refractivity contribution in [2.24, 2.45) is 0 Å². The summed E-state index contributed by atoms with van der Waals surface area (Å²) in [7, 11) is 0. The van der Waals surface area contributed by atoms with E-state index < -0.39 is 0 Å². The SMILES string of the molecule is CCCCCCCC(=O)c1ccc2c(c1)c1cc(C(=O)c3ccc(O)cc3)ccc1n2CC1CCCO1. The summed E-state index contributed by atoms with van der Waals surface area (Å²) in [5.74, 6) is 0.211. The number of phenols is 1. The second-order valence-corrected chi connectivity index (χ2v) is 10.2. The molecule has 2 heterocycles. The van der Waals surface area contributed by atoms with Crippen molar-refractivity contribution in [3.05, 3.63) is 77.4 Å². The molecule has 37 heavy (non-hydrogen) atoms. The number of rotatable bonds is 11. The molecular formula is C32H35NO4. The third-order valence-corrected chi connectivity index (χ3v) is 7.50. The normalized spacial score (nSPS) is 15.5. The van der Waals surface area contributed by atoms with Crippen molar-refractivity contribution in [2.75, 3.05) is 6.61 Å². The third-order valence-electron chi connectivity index (χ3n) is 7.50. The van der Waals surface area contributed by atoms with Gasteiger partial charge in [-0.2, -0.15) is 0 Å². The number of hydrogen-bond donors (Lipinski definition) is 1. The number of Topliss-reactive ketones (excluding diaryl/α,β-unsaturated/α-hetero) is 1. The second-order valence-electron chi connectivity index (χ2n) is 10.2. The number of carbonyl (C=O) groups is 2. The number of unbranched alkanes of at least 4 members (excludes halogenated alkanes) is 4. The average Bonchev–Trinajstić information content (AvgIpc) is 3.54. The fraction of sp³-hybridized carbons (Fsp3) is 0.375. The molecule has 192 valence electrons. The van der Waals surface area contributed by atoms with E-state index in [1.807, 2.05) is 30.3 Å². The van der Waals surface area contributed by atoms with Gasteiger partial charge in [-0.15, -0.1) is 0 Å². The molecule has 0 spiro atoms. The Bertz CT molecular complexity index is 1410. The fourth-order valence-corrected chi connectivity index (χ4v) is 5.42. The molecular weight excluding hydrogens is 462 g/mol.